The summed E-state index contributed by atoms with van der Waals surface area (Å²) in [5, 5.41) is 11.5. The van der Waals surface area contributed by atoms with Crippen molar-refractivity contribution < 1.29 is 14.3 Å². The van der Waals surface area contributed by atoms with Crippen LogP contribution in [0.15, 0.2) is 16.7 Å². The number of Topliss-reactive ketones (excluding diaryl/α,β-unsaturated/α-hetero) is 1. The van der Waals surface area contributed by atoms with Gasteiger partial charge in [0, 0.05) is 6.42 Å². The van der Waals surface area contributed by atoms with E-state index in [9.17, 15) is 9.90 Å². The lowest BCUT2D eigenvalue weighted by molar-refractivity contribution is -0.207. The van der Waals surface area contributed by atoms with Crippen LogP contribution >= 0.6 is 0 Å². The molecule has 4 aliphatic rings. The molecule has 0 bridgehead atoms. The van der Waals surface area contributed by atoms with E-state index in [4.69, 9.17) is 4.42 Å². The van der Waals surface area contributed by atoms with Gasteiger partial charge in [-0.1, -0.05) is 34.1 Å². The third-order valence-corrected chi connectivity index (χ3v) is 10.4. The van der Waals surface area contributed by atoms with E-state index in [-0.39, 0.29) is 22.5 Å². The van der Waals surface area contributed by atoms with Crippen LogP contribution in [-0.4, -0.2) is 17.0 Å². The topological polar surface area (TPSA) is 50.4 Å². The van der Waals surface area contributed by atoms with Crippen LogP contribution in [0.1, 0.15) is 95.7 Å². The monoisotopic (exact) mass is 384 g/mol. The summed E-state index contributed by atoms with van der Waals surface area (Å²) in [5.74, 6) is 2.29. The van der Waals surface area contributed by atoms with Gasteiger partial charge in [0.2, 0.25) is 0 Å². The number of aliphatic hydroxyl groups excluding tert-OH is 1. The molecule has 3 saturated carbocycles. The van der Waals surface area contributed by atoms with Crippen LogP contribution in [0.5, 0.6) is 0 Å². The van der Waals surface area contributed by atoms with Crippen molar-refractivity contribution in [1.82, 2.24) is 0 Å². The van der Waals surface area contributed by atoms with Gasteiger partial charge >= 0.3 is 0 Å². The Kier molecular flexibility index (Phi) is 3.74. The van der Waals surface area contributed by atoms with Crippen LogP contribution < -0.4 is 0 Å². The Hall–Kier alpha value is -1.09. The SMILES string of the molecule is CC1(C)CCCC2(C)C1CCC1(C)C2CC(O)C2(C)c3occc3C(=O)CC12. The van der Waals surface area contributed by atoms with E-state index in [0.29, 0.717) is 29.2 Å². The fourth-order valence-corrected chi connectivity index (χ4v) is 9.02. The smallest absolute Gasteiger partial charge is 0.166 e. The van der Waals surface area contributed by atoms with Crippen LogP contribution in [-0.2, 0) is 5.41 Å². The Balaban J connectivity index is 1.64. The lowest BCUT2D eigenvalue weighted by Gasteiger charge is -2.69. The number of rotatable bonds is 0. The summed E-state index contributed by atoms with van der Waals surface area (Å²) in [6, 6.07) is 1.81. The predicted molar refractivity (Wildman–Crippen MR) is 109 cm³/mol. The number of carbonyl (C=O) groups excluding carboxylic acids is 1. The van der Waals surface area contributed by atoms with Gasteiger partial charge in [-0.3, -0.25) is 4.79 Å². The highest BCUT2D eigenvalue weighted by Gasteiger charge is 2.68. The van der Waals surface area contributed by atoms with Crippen LogP contribution in [0.3, 0.4) is 0 Å². The molecule has 28 heavy (non-hydrogen) atoms. The van der Waals surface area contributed by atoms with Gasteiger partial charge in [-0.25, -0.2) is 0 Å². The summed E-state index contributed by atoms with van der Waals surface area (Å²) in [7, 11) is 0. The van der Waals surface area contributed by atoms with Gasteiger partial charge in [-0.2, -0.15) is 0 Å². The number of ketones is 1. The third-order valence-electron chi connectivity index (χ3n) is 10.4. The molecule has 5 rings (SSSR count). The summed E-state index contributed by atoms with van der Waals surface area (Å²) >= 11 is 0. The summed E-state index contributed by atoms with van der Waals surface area (Å²) in [5.41, 5.74) is 0.955. The van der Waals surface area contributed by atoms with E-state index < -0.39 is 11.5 Å². The molecule has 1 aromatic heterocycles. The van der Waals surface area contributed by atoms with Crippen LogP contribution in [0.2, 0.25) is 0 Å². The van der Waals surface area contributed by atoms with Crippen LogP contribution in [0.25, 0.3) is 0 Å². The van der Waals surface area contributed by atoms with Crippen molar-refractivity contribution >= 4 is 5.78 Å². The minimum Gasteiger partial charge on any atom is -0.468 e. The molecule has 1 N–H and O–H groups in total. The van der Waals surface area contributed by atoms with Gasteiger partial charge in [0.25, 0.3) is 0 Å². The summed E-state index contributed by atoms with van der Waals surface area (Å²) in [4.78, 5) is 13.0. The van der Waals surface area contributed by atoms with Gasteiger partial charge < -0.3 is 9.52 Å². The summed E-state index contributed by atoms with van der Waals surface area (Å²) in [6.07, 6.45) is 8.85. The first kappa shape index (κ1) is 18.9. The minimum absolute atomic E-state index is 0.0762. The molecule has 0 radical (unpaired) electrons. The van der Waals surface area contributed by atoms with Gasteiger partial charge in [-0.05, 0) is 79.1 Å². The molecule has 0 aromatic carbocycles. The van der Waals surface area contributed by atoms with Crippen LogP contribution in [0, 0.1) is 34.0 Å². The van der Waals surface area contributed by atoms with Crippen molar-refractivity contribution in [3.63, 3.8) is 0 Å². The van der Waals surface area contributed by atoms with Crippen LogP contribution in [0.4, 0.5) is 0 Å². The average molecular weight is 385 g/mol. The standard InChI is InChI=1S/C25H36O3/c1-22(2)9-6-10-23(3)17(22)7-11-24(4)18(23)14-20(27)25(5)19(24)13-16(26)15-8-12-28-21(15)25/h8,12,17-20,27H,6-7,9-11,13-14H2,1-5H3. The Bertz CT molecular complexity index is 822. The molecule has 154 valence electrons. The van der Waals surface area contributed by atoms with Crippen molar-refractivity contribution in [2.75, 3.05) is 0 Å². The molecular formula is C25H36O3. The van der Waals surface area contributed by atoms with Crippen molar-refractivity contribution in [1.29, 1.82) is 0 Å². The molecule has 0 spiro atoms. The largest absolute Gasteiger partial charge is 0.468 e. The second kappa shape index (κ2) is 5.53. The molecule has 1 heterocycles. The van der Waals surface area contributed by atoms with E-state index >= 15 is 0 Å². The number of aliphatic hydroxyl groups is 1. The summed E-state index contributed by atoms with van der Waals surface area (Å²) in [6.45, 7) is 12.0. The van der Waals surface area contributed by atoms with Crippen molar-refractivity contribution in [2.45, 2.75) is 91.1 Å². The predicted octanol–water partition coefficient (Wildman–Crippen LogP) is 5.75. The summed E-state index contributed by atoms with van der Waals surface area (Å²) < 4.78 is 5.88. The lowest BCUT2D eigenvalue weighted by Crippen LogP contribution is -2.66. The fraction of sp³-hybridized carbons (Fsp3) is 0.800. The molecular weight excluding hydrogens is 348 g/mol. The minimum atomic E-state index is -0.453. The maximum Gasteiger partial charge on any atom is 0.166 e. The van der Waals surface area contributed by atoms with Gasteiger partial charge in [0.1, 0.15) is 5.76 Å². The molecule has 3 fully saturated rings. The molecule has 0 saturated heterocycles. The van der Waals surface area contributed by atoms with E-state index in [1.165, 1.54) is 25.7 Å². The second-order valence-corrected chi connectivity index (χ2v) is 11.9. The van der Waals surface area contributed by atoms with E-state index in [2.05, 4.69) is 34.6 Å². The number of carbonyl (C=O) groups is 1. The van der Waals surface area contributed by atoms with Gasteiger partial charge in [0.05, 0.1) is 23.3 Å². The Morgan fingerprint density at radius 2 is 1.71 bits per heavy atom. The highest BCUT2D eigenvalue weighted by molar-refractivity contribution is 5.99. The first-order chi connectivity index (χ1) is 13.0. The fourth-order valence-electron chi connectivity index (χ4n) is 9.02. The van der Waals surface area contributed by atoms with Gasteiger partial charge in [-0.15, -0.1) is 0 Å². The molecule has 0 amide bonds. The number of furan rings is 1. The van der Waals surface area contributed by atoms with E-state index in [0.717, 1.165) is 18.6 Å². The zero-order valence-electron chi connectivity index (χ0n) is 18.2. The van der Waals surface area contributed by atoms with Crippen molar-refractivity contribution in [2.24, 2.45) is 34.0 Å². The maximum absolute atomic E-state index is 13.0. The Labute approximate surface area is 169 Å². The third kappa shape index (κ3) is 2.07. The average Bonchev–Trinajstić information content (AvgIpc) is 3.10. The normalized spacial score (nSPS) is 49.6. The van der Waals surface area contributed by atoms with E-state index in [1.54, 1.807) is 6.26 Å². The number of fused-ring (bicyclic) bond motifs is 7. The second-order valence-electron chi connectivity index (χ2n) is 11.9. The molecule has 3 heteroatoms. The van der Waals surface area contributed by atoms with Crippen molar-refractivity contribution in [3.05, 3.63) is 23.7 Å². The Morgan fingerprint density at radius 1 is 1.00 bits per heavy atom. The zero-order chi connectivity index (χ0) is 20.1. The highest BCUT2D eigenvalue weighted by Crippen LogP contribution is 2.72. The molecule has 0 aliphatic heterocycles. The Morgan fingerprint density at radius 3 is 2.46 bits per heavy atom. The first-order valence-corrected chi connectivity index (χ1v) is 11.3. The molecule has 4 aliphatic carbocycles. The molecule has 1 aromatic rings. The van der Waals surface area contributed by atoms with Crippen molar-refractivity contribution in [3.8, 4) is 0 Å². The quantitative estimate of drug-likeness (QED) is 0.619. The molecule has 7 unspecified atom stereocenters. The van der Waals surface area contributed by atoms with E-state index in [1.807, 2.05) is 6.07 Å². The molecule has 7 atom stereocenters. The lowest BCUT2D eigenvalue weighted by atomic mass is 9.35. The molecule has 3 nitrogen and oxygen atoms in total. The first-order valence-electron chi connectivity index (χ1n) is 11.3. The number of hydrogen-bond acceptors (Lipinski definition) is 3. The van der Waals surface area contributed by atoms with Gasteiger partial charge in [0.15, 0.2) is 5.78 Å². The number of hydrogen-bond donors (Lipinski definition) is 1. The zero-order valence-corrected chi connectivity index (χ0v) is 18.2. The highest BCUT2D eigenvalue weighted by atomic mass is 16.3. The maximum atomic E-state index is 13.0.